The maximum Gasteiger partial charge on any atom is 0.273 e. The fourth-order valence-electron chi connectivity index (χ4n) is 4.23. The van der Waals surface area contributed by atoms with Crippen molar-refractivity contribution in [3.8, 4) is 0 Å². The Morgan fingerprint density at radius 3 is 1.87 bits per heavy atom. The van der Waals surface area contributed by atoms with Gasteiger partial charge >= 0.3 is 0 Å². The van der Waals surface area contributed by atoms with Gasteiger partial charge in [0.05, 0.1) is 10.6 Å². The Morgan fingerprint density at radius 2 is 1.39 bits per heavy atom. The average molecular weight is 436 g/mol. The summed E-state index contributed by atoms with van der Waals surface area (Å²) < 4.78 is 3.87. The van der Waals surface area contributed by atoms with Crippen molar-refractivity contribution in [2.24, 2.45) is 0 Å². The molecule has 7 nitrogen and oxygen atoms in total. The number of benzene rings is 3. The monoisotopic (exact) mass is 436 g/mol. The molecule has 1 unspecified atom stereocenters. The molecule has 0 spiro atoms. The van der Waals surface area contributed by atoms with Crippen molar-refractivity contribution in [1.29, 1.82) is 0 Å². The minimum absolute atomic E-state index is 0.0260. The van der Waals surface area contributed by atoms with Crippen molar-refractivity contribution in [3.05, 3.63) is 101 Å². The molecule has 31 heavy (non-hydrogen) atoms. The van der Waals surface area contributed by atoms with Crippen molar-refractivity contribution in [3.63, 3.8) is 0 Å². The van der Waals surface area contributed by atoms with E-state index in [0.29, 0.717) is 18.7 Å². The predicted octanol–water partition coefficient (Wildman–Crippen LogP) is 5.01. The highest BCUT2D eigenvalue weighted by Gasteiger charge is 2.52. The summed E-state index contributed by atoms with van der Waals surface area (Å²) in [5.41, 5.74) is 1.20. The number of anilines is 2. The number of para-hydroxylation sites is 3. The van der Waals surface area contributed by atoms with Gasteiger partial charge in [0.1, 0.15) is 6.29 Å². The fourth-order valence-corrected chi connectivity index (χ4v) is 7.84. The van der Waals surface area contributed by atoms with Gasteiger partial charge in [0.15, 0.2) is 7.79 Å². The molecule has 1 aliphatic heterocycles. The summed E-state index contributed by atoms with van der Waals surface area (Å²) in [6, 6.07) is 25.4. The second-order valence-corrected chi connectivity index (χ2v) is 10.1. The molecule has 1 aliphatic rings. The zero-order valence-electron chi connectivity index (χ0n) is 16.8. The quantitative estimate of drug-likeness (QED) is 0.243. The largest absolute Gasteiger partial charge is 0.345 e. The molecule has 1 N–H and O–H groups in total. The van der Waals surface area contributed by atoms with E-state index >= 15 is 0 Å². The van der Waals surface area contributed by atoms with Gasteiger partial charge < -0.3 is 19.0 Å². The van der Waals surface area contributed by atoms with Crippen LogP contribution in [0.2, 0.25) is 0 Å². The van der Waals surface area contributed by atoms with Crippen LogP contribution in [0.5, 0.6) is 0 Å². The summed E-state index contributed by atoms with van der Waals surface area (Å²) in [5.74, 6) is 0. The van der Waals surface area contributed by atoms with Crippen molar-refractivity contribution < 1.29 is 14.6 Å². The molecule has 1 fully saturated rings. The standard InChI is InChI=1S/C23H23N3O4P/c27-18-15-23(21-13-7-8-14-22(21)26(28)29)31(30)24(19-9-3-1-4-10-19)16-17-25(31)20-11-5-2-6-12-20/h1-14,18,23,30H,15-17H2. The summed E-state index contributed by atoms with van der Waals surface area (Å²) in [5, 5.41) is 11.8. The van der Waals surface area contributed by atoms with Gasteiger partial charge in [-0.2, -0.15) is 0 Å². The van der Waals surface area contributed by atoms with Crippen LogP contribution in [0.1, 0.15) is 17.6 Å². The normalized spacial score (nSPS) is 16.2. The van der Waals surface area contributed by atoms with E-state index in [9.17, 15) is 19.8 Å². The summed E-state index contributed by atoms with van der Waals surface area (Å²) in [6.45, 7) is 1.08. The Labute approximate surface area is 181 Å². The number of hydrogen-bond acceptors (Lipinski definition) is 6. The van der Waals surface area contributed by atoms with E-state index in [1.807, 2.05) is 70.0 Å². The second-order valence-electron chi connectivity index (χ2n) is 7.27. The van der Waals surface area contributed by atoms with E-state index in [0.717, 1.165) is 17.7 Å². The fraction of sp³-hybridized carbons (Fsp3) is 0.174. The van der Waals surface area contributed by atoms with Crippen molar-refractivity contribution in [1.82, 2.24) is 0 Å². The summed E-state index contributed by atoms with van der Waals surface area (Å²) in [6.07, 6.45) is 0.714. The topological polar surface area (TPSA) is 86.9 Å². The van der Waals surface area contributed by atoms with Gasteiger partial charge in [-0.15, -0.1) is 0 Å². The molecule has 1 atom stereocenters. The van der Waals surface area contributed by atoms with Crippen LogP contribution in [0.3, 0.4) is 0 Å². The molecule has 0 aliphatic carbocycles. The van der Waals surface area contributed by atoms with Gasteiger partial charge in [0.25, 0.3) is 5.69 Å². The van der Waals surface area contributed by atoms with E-state index in [1.54, 1.807) is 18.2 Å². The Balaban J connectivity index is 1.92. The van der Waals surface area contributed by atoms with Crippen LogP contribution in [-0.2, 0) is 4.79 Å². The van der Waals surface area contributed by atoms with Crippen LogP contribution in [0, 0.1) is 10.1 Å². The number of carbonyl (C=O) groups is 1. The minimum Gasteiger partial charge on any atom is -0.345 e. The molecular weight excluding hydrogens is 413 g/mol. The lowest BCUT2D eigenvalue weighted by molar-refractivity contribution is -0.385. The number of aldehydes is 1. The Morgan fingerprint density at radius 1 is 0.903 bits per heavy atom. The van der Waals surface area contributed by atoms with Crippen LogP contribution in [0.4, 0.5) is 17.1 Å². The maximum atomic E-state index is 12.4. The van der Waals surface area contributed by atoms with E-state index < -0.39 is 18.4 Å². The number of nitro benzene ring substituents is 1. The molecule has 1 saturated heterocycles. The molecule has 0 aromatic heterocycles. The minimum atomic E-state index is -3.27. The van der Waals surface area contributed by atoms with Crippen molar-refractivity contribution >= 4 is 31.1 Å². The molecule has 3 aromatic carbocycles. The van der Waals surface area contributed by atoms with Gasteiger partial charge in [-0.05, 0) is 24.3 Å². The molecular formula is C23H23N3O4P. The highest BCUT2D eigenvalue weighted by molar-refractivity contribution is 7.74. The van der Waals surface area contributed by atoms with Crippen LogP contribution in [0.25, 0.3) is 0 Å². The number of rotatable bonds is 7. The van der Waals surface area contributed by atoms with E-state index in [-0.39, 0.29) is 12.1 Å². The first-order chi connectivity index (χ1) is 15.1. The van der Waals surface area contributed by atoms with Gasteiger partial charge in [-0.3, -0.25) is 10.1 Å². The molecule has 1 radical (unpaired) electrons. The van der Waals surface area contributed by atoms with Crippen molar-refractivity contribution in [2.45, 2.75) is 12.1 Å². The Hall–Kier alpha value is -3.28. The predicted molar refractivity (Wildman–Crippen MR) is 123 cm³/mol. The summed E-state index contributed by atoms with van der Waals surface area (Å²) >= 11 is 0. The van der Waals surface area contributed by atoms with E-state index in [4.69, 9.17) is 0 Å². The molecule has 0 saturated carbocycles. The summed E-state index contributed by atoms with van der Waals surface area (Å²) in [7, 11) is -3.27. The Kier molecular flexibility index (Phi) is 5.98. The lowest BCUT2D eigenvalue weighted by Gasteiger charge is -2.47. The third-order valence-corrected chi connectivity index (χ3v) is 9.18. The maximum absolute atomic E-state index is 12.4. The number of nitro groups is 1. The number of carbonyl (C=O) groups excluding carboxylic acids is 1. The van der Waals surface area contributed by atoms with Crippen LogP contribution >= 0.6 is 7.79 Å². The average Bonchev–Trinajstić information content (AvgIpc) is 3.16. The zero-order chi connectivity index (χ0) is 21.8. The molecule has 159 valence electrons. The SMILES string of the molecule is O=CCC(c1ccccc1[N+](=O)[O-])[P]1(O)N(c2ccccc2)CCN1c1ccccc1. The number of nitrogens with zero attached hydrogens (tertiary/aromatic N) is 3. The molecule has 1 heterocycles. The van der Waals surface area contributed by atoms with Gasteiger partial charge in [-0.25, -0.2) is 0 Å². The third kappa shape index (κ3) is 3.78. The van der Waals surface area contributed by atoms with Crippen LogP contribution in [-0.4, -0.2) is 29.2 Å². The van der Waals surface area contributed by atoms with Gasteiger partial charge in [-0.1, -0.05) is 54.6 Å². The third-order valence-electron chi connectivity index (χ3n) is 5.57. The van der Waals surface area contributed by atoms with Gasteiger partial charge in [0, 0.05) is 42.5 Å². The first-order valence-electron chi connectivity index (χ1n) is 10.0. The van der Waals surface area contributed by atoms with Gasteiger partial charge in [0.2, 0.25) is 0 Å². The second kappa shape index (κ2) is 8.84. The highest BCUT2D eigenvalue weighted by Crippen LogP contribution is 2.76. The van der Waals surface area contributed by atoms with E-state index in [1.165, 1.54) is 6.07 Å². The molecule has 4 rings (SSSR count). The molecule has 3 aromatic rings. The highest BCUT2D eigenvalue weighted by atomic mass is 31.2. The zero-order valence-corrected chi connectivity index (χ0v) is 17.7. The first-order valence-corrected chi connectivity index (χ1v) is 11.7. The smallest absolute Gasteiger partial charge is 0.273 e. The van der Waals surface area contributed by atoms with Crippen LogP contribution in [0.15, 0.2) is 84.9 Å². The lowest BCUT2D eigenvalue weighted by atomic mass is 10.1. The first kappa shape index (κ1) is 21.0. The molecule has 0 bridgehead atoms. The molecule has 0 amide bonds. The lowest BCUT2D eigenvalue weighted by Crippen LogP contribution is -2.30. The molecule has 8 heteroatoms. The van der Waals surface area contributed by atoms with Crippen molar-refractivity contribution in [2.75, 3.05) is 22.4 Å². The van der Waals surface area contributed by atoms with Crippen LogP contribution < -0.4 is 9.34 Å². The van der Waals surface area contributed by atoms with E-state index in [2.05, 4.69) is 0 Å². The Bertz CT molecular complexity index is 1020. The summed E-state index contributed by atoms with van der Waals surface area (Å²) in [4.78, 5) is 35.5. The number of hydrogen-bond donors (Lipinski definition) is 1.